The molecule has 0 heterocycles. The van der Waals surface area contributed by atoms with Gasteiger partial charge in [0, 0.05) is 22.8 Å². The zero-order valence-corrected chi connectivity index (χ0v) is 18.1. The van der Waals surface area contributed by atoms with Crippen molar-refractivity contribution in [2.75, 3.05) is 17.2 Å². The Kier molecular flexibility index (Phi) is 8.37. The predicted octanol–water partition coefficient (Wildman–Crippen LogP) is 5.17. The van der Waals surface area contributed by atoms with Crippen molar-refractivity contribution in [3.8, 4) is 11.5 Å². The number of ether oxygens (including phenoxy) is 2. The van der Waals surface area contributed by atoms with E-state index < -0.39 is 24.3 Å². The predicted molar refractivity (Wildman–Crippen MR) is 122 cm³/mol. The van der Waals surface area contributed by atoms with E-state index in [4.69, 9.17) is 21.1 Å². The fraction of sp³-hybridized carbons (Fsp3) is 0.125. The van der Waals surface area contributed by atoms with Gasteiger partial charge in [0.05, 0.1) is 6.42 Å². The molecule has 0 atom stereocenters. The first kappa shape index (κ1) is 23.7. The summed E-state index contributed by atoms with van der Waals surface area (Å²) in [6.07, 6.45) is -0.297. The highest BCUT2D eigenvalue weighted by Crippen LogP contribution is 2.24. The van der Waals surface area contributed by atoms with Gasteiger partial charge >= 0.3 is 5.97 Å². The van der Waals surface area contributed by atoms with Gasteiger partial charge < -0.3 is 20.1 Å². The number of benzene rings is 3. The van der Waals surface area contributed by atoms with E-state index in [1.165, 1.54) is 24.3 Å². The quantitative estimate of drug-likeness (QED) is 0.421. The highest BCUT2D eigenvalue weighted by atomic mass is 35.5. The Bertz CT molecular complexity index is 1100. The summed E-state index contributed by atoms with van der Waals surface area (Å²) < 4.78 is 23.4. The lowest BCUT2D eigenvalue weighted by Crippen LogP contribution is -2.21. The highest BCUT2D eigenvalue weighted by Gasteiger charge is 2.11. The minimum absolute atomic E-state index is 0.110. The van der Waals surface area contributed by atoms with Gasteiger partial charge in [-0.15, -0.1) is 0 Å². The summed E-state index contributed by atoms with van der Waals surface area (Å²) in [5.74, 6) is -0.862. The summed E-state index contributed by atoms with van der Waals surface area (Å²) in [5.41, 5.74) is 0.914. The van der Waals surface area contributed by atoms with Gasteiger partial charge in [-0.25, -0.2) is 4.39 Å². The van der Waals surface area contributed by atoms with Crippen LogP contribution in [-0.4, -0.2) is 24.4 Å². The maximum atomic E-state index is 12.9. The molecule has 3 rings (SSSR count). The molecule has 2 amide bonds. The molecule has 0 aliphatic rings. The van der Waals surface area contributed by atoms with Crippen molar-refractivity contribution < 1.29 is 28.2 Å². The second kappa shape index (κ2) is 11.6. The van der Waals surface area contributed by atoms with E-state index in [1.54, 1.807) is 48.5 Å². The number of carbonyl (C=O) groups excluding carboxylic acids is 3. The van der Waals surface area contributed by atoms with Crippen LogP contribution in [0.1, 0.15) is 12.8 Å². The number of nitrogens with one attached hydrogen (secondary N) is 2. The normalized spacial score (nSPS) is 10.2. The lowest BCUT2D eigenvalue weighted by Gasteiger charge is -2.09. The third-order valence-corrected chi connectivity index (χ3v) is 4.49. The molecule has 3 aromatic carbocycles. The topological polar surface area (TPSA) is 93.7 Å². The Morgan fingerprint density at radius 1 is 0.727 bits per heavy atom. The third kappa shape index (κ3) is 8.27. The second-order valence-electron chi connectivity index (χ2n) is 6.84. The molecule has 33 heavy (non-hydrogen) atoms. The van der Waals surface area contributed by atoms with Gasteiger partial charge in [-0.1, -0.05) is 11.6 Å². The first-order valence-electron chi connectivity index (χ1n) is 9.92. The molecule has 2 N–H and O–H groups in total. The molecule has 170 valence electrons. The van der Waals surface area contributed by atoms with E-state index in [0.29, 0.717) is 27.9 Å². The SMILES string of the molecule is O=C(CCC(=O)OCC(=O)Nc1ccc(F)cc1)Nc1ccc(Oc2ccc(Cl)cc2)cc1. The molecular weight excluding hydrogens is 451 g/mol. The molecule has 0 unspecified atom stereocenters. The van der Waals surface area contributed by atoms with Crippen LogP contribution in [0.2, 0.25) is 5.02 Å². The Morgan fingerprint density at radius 3 is 1.85 bits per heavy atom. The largest absolute Gasteiger partial charge is 0.457 e. The van der Waals surface area contributed by atoms with E-state index in [9.17, 15) is 18.8 Å². The van der Waals surface area contributed by atoms with Crippen LogP contribution in [0.25, 0.3) is 0 Å². The van der Waals surface area contributed by atoms with Gasteiger partial charge in [0.1, 0.15) is 17.3 Å². The minimum atomic E-state index is -0.689. The van der Waals surface area contributed by atoms with Gasteiger partial charge in [0.2, 0.25) is 5.91 Å². The van der Waals surface area contributed by atoms with Gasteiger partial charge in [0.25, 0.3) is 5.91 Å². The first-order valence-corrected chi connectivity index (χ1v) is 10.3. The molecule has 0 aliphatic heterocycles. The van der Waals surface area contributed by atoms with Crippen molar-refractivity contribution in [3.05, 3.63) is 83.6 Å². The molecule has 0 aromatic heterocycles. The summed E-state index contributed by atoms with van der Waals surface area (Å²) in [5, 5.41) is 5.74. The summed E-state index contributed by atoms with van der Waals surface area (Å²) in [6, 6.07) is 18.8. The molecule has 7 nitrogen and oxygen atoms in total. The summed E-state index contributed by atoms with van der Waals surface area (Å²) in [6.45, 7) is -0.507. The van der Waals surface area contributed by atoms with Crippen molar-refractivity contribution in [1.29, 1.82) is 0 Å². The third-order valence-electron chi connectivity index (χ3n) is 4.24. The molecule has 0 saturated heterocycles. The van der Waals surface area contributed by atoms with Crippen molar-refractivity contribution in [2.24, 2.45) is 0 Å². The maximum absolute atomic E-state index is 12.9. The Labute approximate surface area is 194 Å². The van der Waals surface area contributed by atoms with Crippen molar-refractivity contribution in [1.82, 2.24) is 0 Å². The van der Waals surface area contributed by atoms with E-state index in [1.807, 2.05) is 0 Å². The standard InChI is InChI=1S/C24H20ClFN2O5/c25-16-1-9-20(10-2-16)33-21-11-7-19(8-12-21)27-22(29)13-14-24(31)32-15-23(30)28-18-5-3-17(26)4-6-18/h1-12H,13-15H2,(H,27,29)(H,28,30). The van der Waals surface area contributed by atoms with Crippen LogP contribution < -0.4 is 15.4 Å². The van der Waals surface area contributed by atoms with Crippen molar-refractivity contribution >= 4 is 40.8 Å². The second-order valence-corrected chi connectivity index (χ2v) is 7.28. The number of rotatable bonds is 9. The molecule has 0 radical (unpaired) electrons. The smallest absolute Gasteiger partial charge is 0.306 e. The van der Waals surface area contributed by atoms with Crippen LogP contribution in [0.15, 0.2) is 72.8 Å². The number of hydrogen-bond donors (Lipinski definition) is 2. The van der Waals surface area contributed by atoms with Gasteiger partial charge in [0.15, 0.2) is 6.61 Å². The number of hydrogen-bond acceptors (Lipinski definition) is 5. The van der Waals surface area contributed by atoms with E-state index in [-0.39, 0.29) is 18.7 Å². The molecular formula is C24H20ClFN2O5. The molecule has 3 aromatic rings. The van der Waals surface area contributed by atoms with Crippen LogP contribution >= 0.6 is 11.6 Å². The van der Waals surface area contributed by atoms with E-state index in [0.717, 1.165) is 0 Å². The van der Waals surface area contributed by atoms with Crippen LogP contribution in [-0.2, 0) is 19.1 Å². The van der Waals surface area contributed by atoms with E-state index >= 15 is 0 Å². The number of amides is 2. The van der Waals surface area contributed by atoms with Gasteiger partial charge in [-0.05, 0) is 72.8 Å². The number of esters is 1. The lowest BCUT2D eigenvalue weighted by molar-refractivity contribution is -0.147. The number of carbonyl (C=O) groups is 3. The van der Waals surface area contributed by atoms with Crippen LogP contribution in [0, 0.1) is 5.82 Å². The monoisotopic (exact) mass is 470 g/mol. The summed E-state index contributed by atoms with van der Waals surface area (Å²) in [7, 11) is 0. The first-order chi connectivity index (χ1) is 15.9. The lowest BCUT2D eigenvalue weighted by atomic mass is 10.2. The number of halogens is 2. The summed E-state index contributed by atoms with van der Waals surface area (Å²) in [4.78, 5) is 35.6. The van der Waals surface area contributed by atoms with Crippen molar-refractivity contribution in [3.63, 3.8) is 0 Å². The zero-order chi connectivity index (χ0) is 23.6. The minimum Gasteiger partial charge on any atom is -0.457 e. The van der Waals surface area contributed by atoms with Crippen LogP contribution in [0.4, 0.5) is 15.8 Å². The van der Waals surface area contributed by atoms with Crippen LogP contribution in [0.5, 0.6) is 11.5 Å². The molecule has 0 spiro atoms. The summed E-state index contributed by atoms with van der Waals surface area (Å²) >= 11 is 5.84. The van der Waals surface area contributed by atoms with E-state index in [2.05, 4.69) is 10.6 Å². The Hall–Kier alpha value is -3.91. The molecule has 0 aliphatic carbocycles. The molecule has 9 heteroatoms. The zero-order valence-electron chi connectivity index (χ0n) is 17.3. The highest BCUT2D eigenvalue weighted by molar-refractivity contribution is 6.30. The Balaban J connectivity index is 1.36. The number of anilines is 2. The Morgan fingerprint density at radius 2 is 1.24 bits per heavy atom. The van der Waals surface area contributed by atoms with Crippen molar-refractivity contribution in [2.45, 2.75) is 12.8 Å². The average molecular weight is 471 g/mol. The maximum Gasteiger partial charge on any atom is 0.306 e. The molecule has 0 bridgehead atoms. The fourth-order valence-electron chi connectivity index (χ4n) is 2.63. The molecule has 0 saturated carbocycles. The van der Waals surface area contributed by atoms with Gasteiger partial charge in [-0.2, -0.15) is 0 Å². The van der Waals surface area contributed by atoms with Crippen LogP contribution in [0.3, 0.4) is 0 Å². The molecule has 0 fully saturated rings. The average Bonchev–Trinajstić information content (AvgIpc) is 2.80. The van der Waals surface area contributed by atoms with Gasteiger partial charge in [-0.3, -0.25) is 14.4 Å². The fourth-order valence-corrected chi connectivity index (χ4v) is 2.76.